The van der Waals surface area contributed by atoms with Gasteiger partial charge in [0.1, 0.15) is 0 Å². The van der Waals surface area contributed by atoms with E-state index in [0.717, 1.165) is 19.4 Å². The molecule has 0 aliphatic rings. The molecule has 0 aromatic rings. The van der Waals surface area contributed by atoms with Crippen LogP contribution in [0.3, 0.4) is 0 Å². The smallest absolute Gasteiger partial charge is 0.191 e. The summed E-state index contributed by atoms with van der Waals surface area (Å²) in [5, 5.41) is 0. The summed E-state index contributed by atoms with van der Waals surface area (Å²) in [5.41, 5.74) is 0. The van der Waals surface area contributed by atoms with Crippen LogP contribution in [0.25, 0.3) is 0 Å². The van der Waals surface area contributed by atoms with Crippen molar-refractivity contribution in [2.24, 2.45) is 0 Å². The zero-order valence-electron chi connectivity index (χ0n) is 14.4. The van der Waals surface area contributed by atoms with E-state index in [0.29, 0.717) is 0 Å². The van der Waals surface area contributed by atoms with Crippen molar-refractivity contribution in [3.63, 3.8) is 0 Å². The molecule has 0 saturated heterocycles. The van der Waals surface area contributed by atoms with Crippen LogP contribution in [0.1, 0.15) is 79.1 Å². The molecule has 118 valence electrons. The Balaban J connectivity index is 3.40. The van der Waals surface area contributed by atoms with Crippen molar-refractivity contribution in [3.8, 4) is 11.8 Å². The summed E-state index contributed by atoms with van der Waals surface area (Å²) >= 11 is 0. The van der Waals surface area contributed by atoms with Crippen LogP contribution in [0.4, 0.5) is 0 Å². The maximum absolute atomic E-state index is 6.27. The number of hydrogen-bond acceptors (Lipinski definition) is 1. The van der Waals surface area contributed by atoms with E-state index >= 15 is 0 Å². The number of unbranched alkanes of at least 4 members (excludes halogenated alkanes) is 6. The average Bonchev–Trinajstić information content (AvgIpc) is 2.49. The lowest BCUT2D eigenvalue weighted by molar-refractivity contribution is 0.287. The molecular formula is C18H36OSi. The first-order valence-corrected chi connectivity index (χ1v) is 11.4. The predicted octanol–water partition coefficient (Wildman–Crippen LogP) is 6.15. The lowest BCUT2D eigenvalue weighted by atomic mass is 10.1. The lowest BCUT2D eigenvalue weighted by Crippen LogP contribution is -2.36. The van der Waals surface area contributed by atoms with Crippen molar-refractivity contribution < 1.29 is 4.43 Å². The predicted molar refractivity (Wildman–Crippen MR) is 93.5 cm³/mol. The van der Waals surface area contributed by atoms with E-state index in [1.165, 1.54) is 56.7 Å². The molecule has 0 unspecified atom stereocenters. The Hall–Kier alpha value is -0.263. The molecule has 0 aromatic heterocycles. The lowest BCUT2D eigenvalue weighted by Gasteiger charge is -2.27. The second-order valence-corrected chi connectivity index (χ2v) is 10.4. The van der Waals surface area contributed by atoms with Crippen molar-refractivity contribution in [2.75, 3.05) is 6.61 Å². The van der Waals surface area contributed by atoms with Crippen LogP contribution in [-0.2, 0) is 4.43 Å². The Bertz CT molecular complexity index is 252. The first-order valence-electron chi connectivity index (χ1n) is 8.84. The minimum absolute atomic E-state index is 0.998. The highest BCUT2D eigenvalue weighted by molar-refractivity contribution is 6.73. The van der Waals surface area contributed by atoms with Crippen molar-refractivity contribution in [3.05, 3.63) is 0 Å². The second kappa shape index (κ2) is 13.7. The van der Waals surface area contributed by atoms with Gasteiger partial charge in [0.2, 0.25) is 0 Å². The van der Waals surface area contributed by atoms with Crippen molar-refractivity contribution >= 4 is 8.32 Å². The van der Waals surface area contributed by atoms with Crippen LogP contribution in [0.5, 0.6) is 0 Å². The van der Waals surface area contributed by atoms with Gasteiger partial charge in [0.05, 0.1) is 0 Å². The van der Waals surface area contributed by atoms with Gasteiger partial charge in [0, 0.05) is 19.4 Å². The SMILES string of the molecule is CCC#CCCCCCCCCO[Si](CC)(CC)CC. The zero-order chi connectivity index (χ0) is 15.1. The van der Waals surface area contributed by atoms with Crippen LogP contribution in [-0.4, -0.2) is 14.9 Å². The topological polar surface area (TPSA) is 9.23 Å². The highest BCUT2D eigenvalue weighted by atomic mass is 28.4. The molecule has 0 amide bonds. The molecule has 0 N–H and O–H groups in total. The molecule has 0 aromatic carbocycles. The number of hydrogen-bond donors (Lipinski definition) is 0. The fraction of sp³-hybridized carbons (Fsp3) is 0.889. The van der Waals surface area contributed by atoms with Gasteiger partial charge in [-0.1, -0.05) is 53.4 Å². The molecule has 0 saturated carbocycles. The van der Waals surface area contributed by atoms with E-state index in [-0.39, 0.29) is 0 Å². The summed E-state index contributed by atoms with van der Waals surface area (Å²) in [6.45, 7) is 10.0. The summed E-state index contributed by atoms with van der Waals surface area (Å²) in [4.78, 5) is 0. The molecule has 0 rings (SSSR count). The van der Waals surface area contributed by atoms with Gasteiger partial charge in [-0.2, -0.15) is 0 Å². The van der Waals surface area contributed by atoms with Gasteiger partial charge < -0.3 is 4.43 Å². The summed E-state index contributed by atoms with van der Waals surface area (Å²) in [7, 11) is -1.33. The summed E-state index contributed by atoms with van der Waals surface area (Å²) in [6, 6.07) is 3.83. The molecule has 20 heavy (non-hydrogen) atoms. The monoisotopic (exact) mass is 296 g/mol. The maximum Gasteiger partial charge on any atom is 0.191 e. The molecule has 0 fully saturated rings. The van der Waals surface area contributed by atoms with E-state index in [2.05, 4.69) is 39.5 Å². The molecule has 0 heterocycles. The molecule has 0 spiro atoms. The average molecular weight is 297 g/mol. The Morgan fingerprint density at radius 2 is 1.25 bits per heavy atom. The molecule has 1 nitrogen and oxygen atoms in total. The first kappa shape index (κ1) is 19.7. The van der Waals surface area contributed by atoms with Crippen LogP contribution in [0.15, 0.2) is 0 Å². The fourth-order valence-electron chi connectivity index (χ4n) is 2.58. The van der Waals surface area contributed by atoms with Crippen LogP contribution < -0.4 is 0 Å². The molecule has 0 radical (unpaired) electrons. The van der Waals surface area contributed by atoms with Crippen molar-refractivity contribution in [1.29, 1.82) is 0 Å². The van der Waals surface area contributed by atoms with Gasteiger partial charge in [-0.3, -0.25) is 0 Å². The molecule has 0 bridgehead atoms. The van der Waals surface area contributed by atoms with Gasteiger partial charge in [-0.15, -0.1) is 11.8 Å². The van der Waals surface area contributed by atoms with Gasteiger partial charge in [0.25, 0.3) is 0 Å². The summed E-state index contributed by atoms with van der Waals surface area (Å²) < 4.78 is 6.27. The minimum atomic E-state index is -1.33. The third-order valence-electron chi connectivity index (χ3n) is 4.34. The van der Waals surface area contributed by atoms with E-state index in [1.807, 2.05) is 0 Å². The summed E-state index contributed by atoms with van der Waals surface area (Å²) in [5.74, 6) is 6.35. The fourth-order valence-corrected chi connectivity index (χ4v) is 5.27. The highest BCUT2D eigenvalue weighted by Gasteiger charge is 2.27. The Morgan fingerprint density at radius 1 is 0.700 bits per heavy atom. The minimum Gasteiger partial charge on any atom is -0.417 e. The first-order chi connectivity index (χ1) is 9.74. The molecular weight excluding hydrogens is 260 g/mol. The van der Waals surface area contributed by atoms with Gasteiger partial charge in [0.15, 0.2) is 8.32 Å². The van der Waals surface area contributed by atoms with Gasteiger partial charge in [-0.25, -0.2) is 0 Å². The molecule has 0 aliphatic carbocycles. The van der Waals surface area contributed by atoms with Gasteiger partial charge >= 0.3 is 0 Å². The standard InChI is InChI=1S/C18H36OSi/c1-5-9-10-11-12-13-14-15-16-17-18-19-20(6-2,7-3)8-4/h5-8,11-18H2,1-4H3. The number of rotatable bonds is 12. The second-order valence-electron chi connectivity index (χ2n) is 5.67. The third kappa shape index (κ3) is 9.61. The van der Waals surface area contributed by atoms with Crippen LogP contribution >= 0.6 is 0 Å². The third-order valence-corrected chi connectivity index (χ3v) is 9.02. The Labute approximate surface area is 129 Å². The molecule has 0 aliphatic heterocycles. The van der Waals surface area contributed by atoms with Crippen molar-refractivity contribution in [2.45, 2.75) is 97.2 Å². The maximum atomic E-state index is 6.27. The normalized spacial score (nSPS) is 11.2. The highest BCUT2D eigenvalue weighted by Crippen LogP contribution is 2.22. The van der Waals surface area contributed by atoms with E-state index in [9.17, 15) is 0 Å². The Morgan fingerprint density at radius 3 is 1.80 bits per heavy atom. The van der Waals surface area contributed by atoms with Crippen LogP contribution in [0, 0.1) is 11.8 Å². The molecule has 2 heteroatoms. The Kier molecular flexibility index (Phi) is 13.5. The zero-order valence-corrected chi connectivity index (χ0v) is 15.4. The molecule has 0 atom stereocenters. The van der Waals surface area contributed by atoms with E-state index < -0.39 is 8.32 Å². The van der Waals surface area contributed by atoms with Gasteiger partial charge in [-0.05, 0) is 31.0 Å². The van der Waals surface area contributed by atoms with E-state index in [4.69, 9.17) is 4.43 Å². The van der Waals surface area contributed by atoms with Crippen LogP contribution in [0.2, 0.25) is 18.1 Å². The quantitative estimate of drug-likeness (QED) is 0.238. The largest absolute Gasteiger partial charge is 0.417 e. The summed E-state index contributed by atoms with van der Waals surface area (Å²) in [6.07, 6.45) is 10.0. The van der Waals surface area contributed by atoms with Crippen molar-refractivity contribution in [1.82, 2.24) is 0 Å². The van der Waals surface area contributed by atoms with E-state index in [1.54, 1.807) is 0 Å².